The van der Waals surface area contributed by atoms with Gasteiger partial charge in [-0.3, -0.25) is 4.72 Å². The Morgan fingerprint density at radius 2 is 1.42 bits per heavy atom. The van der Waals surface area contributed by atoms with Crippen molar-refractivity contribution in [2.24, 2.45) is 17.8 Å². The average Bonchev–Trinajstić information content (AvgIpc) is 2.84. The standard InChI is InChI=1S/C28H29N3O4S/c32-27(33)25-2-1-3-26(30-25)29-22-8-10-24(11-9-22)36(34,35)31-23-6-4-21(5-7-23)28-15-18-12-19(16-28)14-20(13-18)17-28/h1-11,18-20,31H,12-17H2,(H,29,30)(H,32,33). The van der Waals surface area contributed by atoms with E-state index in [4.69, 9.17) is 5.11 Å². The Hall–Kier alpha value is -3.39. The molecule has 0 aliphatic heterocycles. The molecule has 7 nitrogen and oxygen atoms in total. The molecule has 0 spiro atoms. The molecule has 3 N–H and O–H groups in total. The molecule has 7 rings (SSSR count). The van der Waals surface area contributed by atoms with Crippen molar-refractivity contribution in [3.8, 4) is 0 Å². The molecule has 186 valence electrons. The molecule has 3 aromatic rings. The number of aromatic nitrogens is 1. The number of carboxylic acid groups (broad SMARTS) is 1. The Kier molecular flexibility index (Phi) is 5.52. The van der Waals surface area contributed by atoms with Crippen molar-refractivity contribution in [1.82, 2.24) is 4.98 Å². The molecule has 0 amide bonds. The first-order chi connectivity index (χ1) is 17.3. The Morgan fingerprint density at radius 1 is 0.833 bits per heavy atom. The van der Waals surface area contributed by atoms with Crippen molar-refractivity contribution in [2.45, 2.75) is 48.8 Å². The second kappa shape index (κ2) is 8.62. The molecule has 4 saturated carbocycles. The lowest BCUT2D eigenvalue weighted by Gasteiger charge is -2.57. The normalized spacial score (nSPS) is 26.5. The number of carbonyl (C=O) groups is 1. The van der Waals surface area contributed by atoms with E-state index in [1.807, 2.05) is 12.1 Å². The van der Waals surface area contributed by atoms with Gasteiger partial charge in [-0.05, 0) is 116 Å². The molecule has 1 heterocycles. The van der Waals surface area contributed by atoms with Crippen LogP contribution in [0.15, 0.2) is 71.6 Å². The van der Waals surface area contributed by atoms with Crippen molar-refractivity contribution in [2.75, 3.05) is 10.0 Å². The first-order valence-electron chi connectivity index (χ1n) is 12.5. The van der Waals surface area contributed by atoms with Crippen LogP contribution in [-0.2, 0) is 15.4 Å². The summed E-state index contributed by atoms with van der Waals surface area (Å²) in [6.07, 6.45) is 8.03. The zero-order chi connectivity index (χ0) is 24.9. The van der Waals surface area contributed by atoms with E-state index >= 15 is 0 Å². The molecule has 4 aliphatic carbocycles. The van der Waals surface area contributed by atoms with Crippen molar-refractivity contribution < 1.29 is 18.3 Å². The molecule has 0 unspecified atom stereocenters. The summed E-state index contributed by atoms with van der Waals surface area (Å²) < 4.78 is 28.7. The number of nitrogens with zero attached hydrogens (tertiary/aromatic N) is 1. The third-order valence-electron chi connectivity index (χ3n) is 8.19. The zero-order valence-corrected chi connectivity index (χ0v) is 20.7. The molecule has 8 heteroatoms. The zero-order valence-electron chi connectivity index (χ0n) is 19.9. The fraction of sp³-hybridized carbons (Fsp3) is 0.357. The summed E-state index contributed by atoms with van der Waals surface area (Å²) in [5, 5.41) is 12.1. The minimum absolute atomic E-state index is 0.0717. The molecule has 0 saturated heterocycles. The molecular weight excluding hydrogens is 474 g/mol. The Bertz CT molecular complexity index is 1370. The predicted molar refractivity (Wildman–Crippen MR) is 138 cm³/mol. The van der Waals surface area contributed by atoms with Gasteiger partial charge < -0.3 is 10.4 Å². The van der Waals surface area contributed by atoms with Gasteiger partial charge in [0.25, 0.3) is 10.0 Å². The quantitative estimate of drug-likeness (QED) is 0.376. The van der Waals surface area contributed by atoms with Crippen LogP contribution < -0.4 is 10.0 Å². The van der Waals surface area contributed by atoms with Crippen molar-refractivity contribution >= 4 is 33.2 Å². The molecule has 2 aromatic carbocycles. The van der Waals surface area contributed by atoms with E-state index in [2.05, 4.69) is 27.2 Å². The van der Waals surface area contributed by atoms with Gasteiger partial charge in [0, 0.05) is 11.4 Å². The van der Waals surface area contributed by atoms with Gasteiger partial charge in [-0.15, -0.1) is 0 Å². The van der Waals surface area contributed by atoms with Crippen LogP contribution in [-0.4, -0.2) is 24.5 Å². The Labute approximate surface area is 211 Å². The maximum Gasteiger partial charge on any atom is 0.354 e. The third-order valence-corrected chi connectivity index (χ3v) is 9.59. The maximum atomic E-state index is 13.0. The number of nitrogens with one attached hydrogen (secondary N) is 2. The second-order valence-electron chi connectivity index (χ2n) is 10.7. The van der Waals surface area contributed by atoms with E-state index in [1.54, 1.807) is 24.3 Å². The summed E-state index contributed by atoms with van der Waals surface area (Å²) in [6.45, 7) is 0. The maximum absolute atomic E-state index is 13.0. The summed E-state index contributed by atoms with van der Waals surface area (Å²) >= 11 is 0. The molecule has 36 heavy (non-hydrogen) atoms. The second-order valence-corrected chi connectivity index (χ2v) is 12.4. The topological polar surface area (TPSA) is 108 Å². The lowest BCUT2D eigenvalue weighted by molar-refractivity contribution is -0.00518. The van der Waals surface area contributed by atoms with E-state index in [9.17, 15) is 13.2 Å². The molecule has 4 bridgehead atoms. The molecular formula is C28H29N3O4S. The number of rotatable bonds is 7. The number of pyridine rings is 1. The highest BCUT2D eigenvalue weighted by Crippen LogP contribution is 2.60. The number of hydrogen-bond acceptors (Lipinski definition) is 5. The highest BCUT2D eigenvalue weighted by atomic mass is 32.2. The fourth-order valence-electron chi connectivity index (χ4n) is 7.06. The lowest BCUT2D eigenvalue weighted by Crippen LogP contribution is -2.48. The summed E-state index contributed by atoms with van der Waals surface area (Å²) in [5.74, 6) is 1.84. The highest BCUT2D eigenvalue weighted by molar-refractivity contribution is 7.92. The lowest BCUT2D eigenvalue weighted by atomic mass is 9.48. The van der Waals surface area contributed by atoms with Gasteiger partial charge in [0.05, 0.1) is 4.90 Å². The number of hydrogen-bond donors (Lipinski definition) is 3. The number of carboxylic acids is 1. The van der Waals surface area contributed by atoms with Gasteiger partial charge in [0.15, 0.2) is 5.69 Å². The first kappa shape index (κ1) is 23.0. The van der Waals surface area contributed by atoms with E-state index in [1.165, 1.54) is 62.3 Å². The SMILES string of the molecule is O=C(O)c1cccc(Nc2ccc(S(=O)(=O)Nc3ccc(C45CC6CC(CC(C6)C4)C5)cc3)cc2)n1. The van der Waals surface area contributed by atoms with Gasteiger partial charge >= 0.3 is 5.97 Å². The molecule has 0 radical (unpaired) electrons. The summed E-state index contributed by atoms with van der Waals surface area (Å²) in [5.41, 5.74) is 2.73. The minimum atomic E-state index is -3.75. The van der Waals surface area contributed by atoms with Gasteiger partial charge in [-0.25, -0.2) is 18.2 Å². The number of benzene rings is 2. The summed E-state index contributed by atoms with van der Waals surface area (Å²) in [4.78, 5) is 15.3. The first-order valence-corrected chi connectivity index (χ1v) is 14.0. The number of sulfonamides is 1. The van der Waals surface area contributed by atoms with Crippen LogP contribution in [0.2, 0.25) is 0 Å². The largest absolute Gasteiger partial charge is 0.477 e. The van der Waals surface area contributed by atoms with E-state index in [0.717, 1.165) is 17.8 Å². The highest BCUT2D eigenvalue weighted by Gasteiger charge is 2.51. The van der Waals surface area contributed by atoms with Crippen LogP contribution in [0.5, 0.6) is 0 Å². The van der Waals surface area contributed by atoms with E-state index in [-0.39, 0.29) is 16.0 Å². The Morgan fingerprint density at radius 3 is 2.00 bits per heavy atom. The smallest absolute Gasteiger partial charge is 0.354 e. The van der Waals surface area contributed by atoms with Crippen molar-refractivity contribution in [3.63, 3.8) is 0 Å². The van der Waals surface area contributed by atoms with Crippen LogP contribution in [0.1, 0.15) is 54.6 Å². The monoisotopic (exact) mass is 503 g/mol. The minimum Gasteiger partial charge on any atom is -0.477 e. The van der Waals surface area contributed by atoms with Crippen LogP contribution in [0.4, 0.5) is 17.2 Å². The molecule has 4 fully saturated rings. The van der Waals surface area contributed by atoms with Gasteiger partial charge in [0.1, 0.15) is 5.82 Å². The fourth-order valence-corrected chi connectivity index (χ4v) is 8.12. The number of anilines is 3. The van der Waals surface area contributed by atoms with Crippen LogP contribution >= 0.6 is 0 Å². The van der Waals surface area contributed by atoms with E-state index in [0.29, 0.717) is 17.2 Å². The van der Waals surface area contributed by atoms with Crippen LogP contribution in [0.3, 0.4) is 0 Å². The third kappa shape index (κ3) is 4.34. The van der Waals surface area contributed by atoms with Gasteiger partial charge in [0.2, 0.25) is 0 Å². The number of aromatic carboxylic acids is 1. The average molecular weight is 504 g/mol. The predicted octanol–water partition coefficient (Wildman–Crippen LogP) is 5.79. The van der Waals surface area contributed by atoms with Crippen molar-refractivity contribution in [1.29, 1.82) is 0 Å². The van der Waals surface area contributed by atoms with Crippen LogP contribution in [0, 0.1) is 17.8 Å². The van der Waals surface area contributed by atoms with Crippen molar-refractivity contribution in [3.05, 3.63) is 78.0 Å². The molecule has 4 aliphatic rings. The van der Waals surface area contributed by atoms with Crippen LogP contribution in [0.25, 0.3) is 0 Å². The van der Waals surface area contributed by atoms with Gasteiger partial charge in [-0.1, -0.05) is 18.2 Å². The van der Waals surface area contributed by atoms with E-state index < -0.39 is 16.0 Å². The molecule has 1 aromatic heterocycles. The van der Waals surface area contributed by atoms with Gasteiger partial charge in [-0.2, -0.15) is 0 Å². The summed E-state index contributed by atoms with van der Waals surface area (Å²) in [7, 11) is -3.75. The summed E-state index contributed by atoms with van der Waals surface area (Å²) in [6, 6.07) is 18.9. The molecule has 0 atom stereocenters. The Balaban J connectivity index is 1.14.